The molecule has 2 nitrogen and oxygen atoms in total. The van der Waals surface area contributed by atoms with Gasteiger partial charge in [0.15, 0.2) is 0 Å². The predicted molar refractivity (Wildman–Crippen MR) is 188 cm³/mol. The molecule has 0 amide bonds. The molecule has 1 aromatic heterocycles. The third-order valence-electron chi connectivity index (χ3n) is 8.15. The van der Waals surface area contributed by atoms with E-state index in [9.17, 15) is 0 Å². The summed E-state index contributed by atoms with van der Waals surface area (Å²) in [6, 6.07) is 58.4. The third kappa shape index (κ3) is 4.73. The molecule has 0 aliphatic heterocycles. The van der Waals surface area contributed by atoms with Crippen LogP contribution in [-0.4, -0.2) is 4.57 Å². The van der Waals surface area contributed by atoms with E-state index >= 15 is 0 Å². The van der Waals surface area contributed by atoms with Crippen LogP contribution in [0.4, 0.5) is 17.1 Å². The maximum Gasteiger partial charge on any atom is 0.0629 e. The molecule has 0 aliphatic rings. The molecule has 8 rings (SSSR count). The molecule has 0 bridgehead atoms. The van der Waals surface area contributed by atoms with Crippen molar-refractivity contribution in [3.63, 3.8) is 0 Å². The fourth-order valence-corrected chi connectivity index (χ4v) is 6.10. The summed E-state index contributed by atoms with van der Waals surface area (Å²) < 4.78 is 20.4. The topological polar surface area (TPSA) is 8.17 Å². The highest BCUT2D eigenvalue weighted by molar-refractivity contribution is 6.09. The minimum Gasteiger partial charge on any atom is -0.310 e. The van der Waals surface area contributed by atoms with Gasteiger partial charge >= 0.3 is 0 Å². The first-order valence-electron chi connectivity index (χ1n) is 15.9. The Morgan fingerprint density at radius 3 is 1.70 bits per heavy atom. The Kier molecular flexibility index (Phi) is 5.97. The number of hydrogen-bond donors (Lipinski definition) is 0. The van der Waals surface area contributed by atoms with Gasteiger partial charge < -0.3 is 9.47 Å². The van der Waals surface area contributed by atoms with Crippen molar-refractivity contribution in [2.45, 2.75) is 0 Å². The summed E-state index contributed by atoms with van der Waals surface area (Å²) in [6.45, 7) is 0. The second-order valence-corrected chi connectivity index (χ2v) is 10.9. The van der Waals surface area contributed by atoms with Crippen LogP contribution in [0, 0.1) is 0 Å². The van der Waals surface area contributed by atoms with Crippen molar-refractivity contribution >= 4 is 61.7 Å². The van der Waals surface area contributed by atoms with Gasteiger partial charge in [0, 0.05) is 33.5 Å². The van der Waals surface area contributed by atoms with Crippen molar-refractivity contribution in [3.8, 4) is 5.69 Å². The van der Waals surface area contributed by atoms with Crippen molar-refractivity contribution in [1.82, 2.24) is 4.57 Å². The van der Waals surface area contributed by atoms with Gasteiger partial charge in [-0.15, -0.1) is 0 Å². The Morgan fingerprint density at radius 2 is 0.977 bits per heavy atom. The van der Waals surface area contributed by atoms with Crippen LogP contribution in [0.2, 0.25) is 0 Å². The normalized spacial score (nSPS) is 12.6. The maximum atomic E-state index is 9.11. The molecule has 0 fully saturated rings. The molecule has 0 aliphatic carbocycles. The van der Waals surface area contributed by atoms with Crippen molar-refractivity contribution in [3.05, 3.63) is 181 Å². The second kappa shape index (κ2) is 11.1. The van der Waals surface area contributed by atoms with Crippen molar-refractivity contribution in [2.24, 2.45) is 0 Å². The van der Waals surface area contributed by atoms with Crippen LogP contribution in [0.25, 0.3) is 50.4 Å². The number of aromatic nitrogens is 1. The molecule has 0 unspecified atom stereocenters. The summed E-state index contributed by atoms with van der Waals surface area (Å²) in [5.74, 6) is 0. The molecule has 2 heteroatoms. The van der Waals surface area contributed by atoms with E-state index in [1.165, 1.54) is 5.39 Å². The predicted octanol–water partition coefficient (Wildman–Crippen LogP) is 11.6. The van der Waals surface area contributed by atoms with E-state index in [0.29, 0.717) is 5.56 Å². The highest BCUT2D eigenvalue weighted by Gasteiger charge is 2.13. The minimum atomic E-state index is 0.196. The number of rotatable bonds is 6. The van der Waals surface area contributed by atoms with Crippen molar-refractivity contribution < 1.29 is 2.74 Å². The summed E-state index contributed by atoms with van der Waals surface area (Å²) in [6.07, 6.45) is 0. The highest BCUT2D eigenvalue weighted by Crippen LogP contribution is 2.36. The second-order valence-electron chi connectivity index (χ2n) is 10.9. The van der Waals surface area contributed by atoms with E-state index < -0.39 is 0 Å². The first-order valence-corrected chi connectivity index (χ1v) is 14.9. The molecule has 7 aromatic carbocycles. The quantitative estimate of drug-likeness (QED) is 0.182. The smallest absolute Gasteiger partial charge is 0.0629 e. The van der Waals surface area contributed by atoms with Crippen LogP contribution in [0.1, 0.15) is 13.9 Å². The summed E-state index contributed by atoms with van der Waals surface area (Å²) in [7, 11) is 0. The zero-order valence-electron chi connectivity index (χ0n) is 26.1. The van der Waals surface area contributed by atoms with Crippen LogP contribution in [0.15, 0.2) is 170 Å². The van der Waals surface area contributed by atoms with E-state index in [4.69, 9.17) is 2.74 Å². The molecular formula is C42H30N2. The lowest BCUT2D eigenvalue weighted by atomic mass is 10.0. The molecule has 0 atom stereocenters. The van der Waals surface area contributed by atoms with Gasteiger partial charge in [-0.1, -0.05) is 115 Å². The zero-order valence-corrected chi connectivity index (χ0v) is 24.1. The fourth-order valence-electron chi connectivity index (χ4n) is 6.10. The SMILES string of the molecule is [2H]/C(=C(/[2H])c1ccc2c3ccccc3n(-c3ccccc3)c2c1)c1ccc2cc(N(c3ccccc3)c3ccccc3)ccc2c1. The lowest BCUT2D eigenvalue weighted by molar-refractivity contribution is 1.18. The fraction of sp³-hybridized carbons (Fsp3) is 0. The van der Waals surface area contributed by atoms with Gasteiger partial charge in [-0.2, -0.15) is 0 Å². The van der Waals surface area contributed by atoms with Crippen molar-refractivity contribution in [2.75, 3.05) is 4.90 Å². The molecule has 0 N–H and O–H groups in total. The largest absolute Gasteiger partial charge is 0.310 e. The molecule has 0 radical (unpaired) electrons. The lowest BCUT2D eigenvalue weighted by Gasteiger charge is -2.25. The van der Waals surface area contributed by atoms with Gasteiger partial charge in [0.25, 0.3) is 0 Å². The van der Waals surface area contributed by atoms with Crippen LogP contribution in [0.3, 0.4) is 0 Å². The number of para-hydroxylation sites is 4. The Labute approximate surface area is 260 Å². The zero-order chi connectivity index (χ0) is 31.0. The molecule has 0 saturated carbocycles. The van der Waals surface area contributed by atoms with E-state index in [1.54, 1.807) is 0 Å². The van der Waals surface area contributed by atoms with E-state index in [-0.39, 0.29) is 12.1 Å². The van der Waals surface area contributed by atoms with E-state index in [1.807, 2.05) is 54.6 Å². The minimum absolute atomic E-state index is 0.196. The van der Waals surface area contributed by atoms with Gasteiger partial charge in [-0.05, 0) is 88.6 Å². The maximum absolute atomic E-state index is 9.11. The average Bonchev–Trinajstić information content (AvgIpc) is 3.46. The number of benzene rings is 7. The van der Waals surface area contributed by atoms with Gasteiger partial charge in [-0.25, -0.2) is 0 Å². The Morgan fingerprint density at radius 1 is 0.432 bits per heavy atom. The summed E-state index contributed by atoms with van der Waals surface area (Å²) >= 11 is 0. The Hall–Kier alpha value is -5.86. The van der Waals surface area contributed by atoms with Crippen molar-refractivity contribution in [1.29, 1.82) is 0 Å². The first-order chi connectivity index (χ1) is 22.7. The summed E-state index contributed by atoms with van der Waals surface area (Å²) in [5.41, 5.74) is 7.88. The summed E-state index contributed by atoms with van der Waals surface area (Å²) in [5, 5.41) is 4.40. The summed E-state index contributed by atoms with van der Waals surface area (Å²) in [4.78, 5) is 2.25. The standard InChI is InChI=1S/C42H30N2/c1-4-12-35(13-5-1)43(36-14-6-2-7-15-36)38-26-25-33-28-31(22-24-34(33)30-38)20-21-32-23-27-40-39-18-10-11-19-41(39)44(42(40)29-32)37-16-8-3-9-17-37/h1-30H/b21-20+/i20D,21D. The van der Waals surface area contributed by atoms with Crippen LogP contribution in [-0.2, 0) is 0 Å². The number of nitrogens with zero attached hydrogens (tertiary/aromatic N) is 2. The van der Waals surface area contributed by atoms with Crippen LogP contribution < -0.4 is 4.90 Å². The monoisotopic (exact) mass is 564 g/mol. The van der Waals surface area contributed by atoms with Crippen LogP contribution >= 0.6 is 0 Å². The van der Waals surface area contributed by atoms with Crippen LogP contribution in [0.5, 0.6) is 0 Å². The average molecular weight is 565 g/mol. The number of anilines is 3. The van der Waals surface area contributed by atoms with Gasteiger partial charge in [0.2, 0.25) is 0 Å². The number of hydrogen-bond acceptors (Lipinski definition) is 1. The van der Waals surface area contributed by atoms with Gasteiger partial charge in [-0.3, -0.25) is 0 Å². The lowest BCUT2D eigenvalue weighted by Crippen LogP contribution is -2.09. The Bertz CT molecular complexity index is 2340. The molecule has 0 saturated heterocycles. The first kappa shape index (κ1) is 23.7. The third-order valence-corrected chi connectivity index (χ3v) is 8.15. The van der Waals surface area contributed by atoms with Gasteiger partial charge in [0.05, 0.1) is 13.8 Å². The Balaban J connectivity index is 1.19. The molecule has 1 heterocycles. The van der Waals surface area contributed by atoms with Gasteiger partial charge in [0.1, 0.15) is 0 Å². The molecule has 208 valence electrons. The molecule has 0 spiro atoms. The molecular weight excluding hydrogens is 532 g/mol. The number of fused-ring (bicyclic) bond motifs is 4. The van der Waals surface area contributed by atoms with E-state index in [0.717, 1.165) is 55.5 Å². The molecule has 44 heavy (non-hydrogen) atoms. The molecule has 8 aromatic rings. The van der Waals surface area contributed by atoms with E-state index in [2.05, 4.69) is 125 Å². The highest BCUT2D eigenvalue weighted by atomic mass is 15.1.